The van der Waals surface area contributed by atoms with E-state index in [0.717, 1.165) is 28.6 Å². The number of halogens is 1. The Morgan fingerprint density at radius 3 is 2.35 bits per heavy atom. The second-order valence-electron chi connectivity index (χ2n) is 4.53. The molecular formula is C15H13FN2O4S. The van der Waals surface area contributed by atoms with Crippen LogP contribution in [0.25, 0.3) is 0 Å². The van der Waals surface area contributed by atoms with E-state index in [1.54, 1.807) is 0 Å². The number of nitro groups is 1. The summed E-state index contributed by atoms with van der Waals surface area (Å²) in [6.45, 7) is 3.38. The second-order valence-corrected chi connectivity index (χ2v) is 6.36. The van der Waals surface area contributed by atoms with Crippen molar-refractivity contribution in [1.82, 2.24) is 0 Å². The van der Waals surface area contributed by atoms with E-state index in [1.807, 2.05) is 0 Å². The quantitative estimate of drug-likeness (QED) is 0.461. The van der Waals surface area contributed by atoms with E-state index in [0.29, 0.717) is 0 Å². The van der Waals surface area contributed by atoms with E-state index in [-0.39, 0.29) is 12.2 Å². The van der Waals surface area contributed by atoms with Crippen LogP contribution in [0.3, 0.4) is 0 Å². The van der Waals surface area contributed by atoms with Crippen LogP contribution >= 0.6 is 0 Å². The first-order chi connectivity index (χ1) is 10.9. The molecule has 0 bridgehead atoms. The maximum atomic E-state index is 13.0. The normalized spacial score (nSPS) is 11.0. The van der Waals surface area contributed by atoms with Crippen LogP contribution in [-0.2, 0) is 10.0 Å². The zero-order chi connectivity index (χ0) is 17.0. The van der Waals surface area contributed by atoms with Gasteiger partial charge < -0.3 is 0 Å². The van der Waals surface area contributed by atoms with Gasteiger partial charge >= 0.3 is 0 Å². The summed E-state index contributed by atoms with van der Waals surface area (Å²) in [5.41, 5.74) is -0.340. The molecule has 0 aliphatic rings. The summed E-state index contributed by atoms with van der Waals surface area (Å²) in [6.07, 6.45) is 1.34. The smallest absolute Gasteiger partial charge is 0.262 e. The van der Waals surface area contributed by atoms with Gasteiger partial charge in [0.25, 0.3) is 15.7 Å². The molecule has 0 saturated carbocycles. The molecular weight excluding hydrogens is 323 g/mol. The lowest BCUT2D eigenvalue weighted by Gasteiger charge is -2.23. The summed E-state index contributed by atoms with van der Waals surface area (Å²) in [5.74, 6) is -0.518. The molecule has 2 aromatic rings. The second kappa shape index (κ2) is 6.57. The highest BCUT2D eigenvalue weighted by atomic mass is 32.2. The topological polar surface area (TPSA) is 80.5 Å². The minimum Gasteiger partial charge on any atom is -0.262 e. The van der Waals surface area contributed by atoms with Crippen molar-refractivity contribution in [2.75, 3.05) is 10.8 Å². The summed E-state index contributed by atoms with van der Waals surface area (Å²) >= 11 is 0. The van der Waals surface area contributed by atoms with Gasteiger partial charge in [0, 0.05) is 6.07 Å². The summed E-state index contributed by atoms with van der Waals surface area (Å²) in [4.78, 5) is 9.89. The Labute approximate surface area is 132 Å². The van der Waals surface area contributed by atoms with Gasteiger partial charge in [-0.25, -0.2) is 12.8 Å². The summed E-state index contributed by atoms with van der Waals surface area (Å²) in [6, 6.07) is 9.84. The van der Waals surface area contributed by atoms with Crippen molar-refractivity contribution in [3.05, 3.63) is 77.1 Å². The van der Waals surface area contributed by atoms with E-state index in [1.165, 1.54) is 30.3 Å². The lowest BCUT2D eigenvalue weighted by atomic mass is 10.3. The minimum absolute atomic E-state index is 0.111. The van der Waals surface area contributed by atoms with Crippen LogP contribution in [0.15, 0.2) is 66.1 Å². The molecule has 23 heavy (non-hydrogen) atoms. The van der Waals surface area contributed by atoms with E-state index in [2.05, 4.69) is 6.58 Å². The van der Waals surface area contributed by atoms with Crippen LogP contribution in [0, 0.1) is 15.9 Å². The number of benzene rings is 2. The van der Waals surface area contributed by atoms with Gasteiger partial charge in [-0.2, -0.15) is 0 Å². The fraction of sp³-hybridized carbons (Fsp3) is 0.0667. The molecule has 0 aliphatic carbocycles. The molecule has 0 aromatic heterocycles. The van der Waals surface area contributed by atoms with E-state index in [9.17, 15) is 22.9 Å². The number of rotatable bonds is 6. The number of hydrogen-bond acceptors (Lipinski definition) is 4. The Morgan fingerprint density at radius 1 is 1.17 bits per heavy atom. The highest BCUT2D eigenvalue weighted by Gasteiger charge is 2.31. The van der Waals surface area contributed by atoms with Crippen LogP contribution in [-0.4, -0.2) is 19.9 Å². The lowest BCUT2D eigenvalue weighted by Crippen LogP contribution is -2.31. The predicted octanol–water partition coefficient (Wildman–Crippen LogP) is 3.12. The molecule has 0 saturated heterocycles. The van der Waals surface area contributed by atoms with Crippen molar-refractivity contribution < 1.29 is 17.7 Å². The van der Waals surface area contributed by atoms with Crippen LogP contribution in [0.5, 0.6) is 0 Å². The molecule has 0 aliphatic heterocycles. The van der Waals surface area contributed by atoms with E-state index < -0.39 is 31.3 Å². The molecule has 6 nitrogen and oxygen atoms in total. The van der Waals surface area contributed by atoms with Gasteiger partial charge in [-0.3, -0.25) is 14.4 Å². The predicted molar refractivity (Wildman–Crippen MR) is 84.2 cm³/mol. The van der Waals surface area contributed by atoms with Crippen LogP contribution in [0.1, 0.15) is 0 Å². The molecule has 0 atom stereocenters. The van der Waals surface area contributed by atoms with Crippen LogP contribution in [0.4, 0.5) is 15.8 Å². The first-order valence-electron chi connectivity index (χ1n) is 6.50. The zero-order valence-corrected chi connectivity index (χ0v) is 12.7. The fourth-order valence-corrected chi connectivity index (χ4v) is 3.61. The molecule has 0 unspecified atom stereocenters. The molecule has 0 amide bonds. The Hall–Kier alpha value is -2.74. The Morgan fingerprint density at radius 2 is 1.78 bits per heavy atom. The maximum Gasteiger partial charge on any atom is 0.289 e. The molecule has 8 heteroatoms. The summed E-state index contributed by atoms with van der Waals surface area (Å²) < 4.78 is 39.6. The van der Waals surface area contributed by atoms with Crippen molar-refractivity contribution in [2.24, 2.45) is 0 Å². The fourth-order valence-electron chi connectivity index (χ4n) is 2.01. The molecule has 0 fully saturated rings. The van der Waals surface area contributed by atoms with E-state index in [4.69, 9.17) is 0 Å². The maximum absolute atomic E-state index is 13.0. The molecule has 0 heterocycles. The third kappa shape index (κ3) is 3.37. The van der Waals surface area contributed by atoms with Crippen molar-refractivity contribution in [3.8, 4) is 0 Å². The molecule has 2 rings (SSSR count). The number of para-hydroxylation sites is 1. The summed E-state index contributed by atoms with van der Waals surface area (Å²) in [5, 5.41) is 11.1. The first-order valence-corrected chi connectivity index (χ1v) is 7.94. The molecule has 0 radical (unpaired) electrons. The van der Waals surface area contributed by atoms with Gasteiger partial charge in [-0.15, -0.1) is 6.58 Å². The van der Waals surface area contributed by atoms with Gasteiger partial charge in [0.15, 0.2) is 4.90 Å². The van der Waals surface area contributed by atoms with Gasteiger partial charge in [-0.1, -0.05) is 18.2 Å². The Kier molecular flexibility index (Phi) is 4.75. The zero-order valence-electron chi connectivity index (χ0n) is 11.9. The highest BCUT2D eigenvalue weighted by molar-refractivity contribution is 7.93. The number of hydrogen-bond donors (Lipinski definition) is 0. The Balaban J connectivity index is 2.60. The minimum atomic E-state index is -4.21. The van der Waals surface area contributed by atoms with Crippen molar-refractivity contribution in [1.29, 1.82) is 0 Å². The third-order valence-corrected chi connectivity index (χ3v) is 4.88. The first kappa shape index (κ1) is 16.6. The van der Waals surface area contributed by atoms with Gasteiger partial charge in [0.2, 0.25) is 0 Å². The average molecular weight is 336 g/mol. The number of sulfonamides is 1. The largest absolute Gasteiger partial charge is 0.289 e. The number of nitrogens with zero attached hydrogens (tertiary/aromatic N) is 2. The number of nitro benzene ring substituents is 1. The molecule has 120 valence electrons. The summed E-state index contributed by atoms with van der Waals surface area (Å²) in [7, 11) is -4.21. The SMILES string of the molecule is C=CCN(c1ccc(F)cc1)S(=O)(=O)c1ccccc1[N+](=O)[O-]. The monoisotopic (exact) mass is 336 g/mol. The van der Waals surface area contributed by atoms with Crippen LogP contribution < -0.4 is 4.31 Å². The van der Waals surface area contributed by atoms with Gasteiger partial charge in [-0.05, 0) is 30.3 Å². The van der Waals surface area contributed by atoms with Gasteiger partial charge in [0.1, 0.15) is 5.82 Å². The third-order valence-electron chi connectivity index (χ3n) is 3.04. The standard InChI is InChI=1S/C15H13FN2O4S/c1-2-11-17(13-9-7-12(16)8-10-13)23(21,22)15-6-4-3-5-14(15)18(19)20/h2-10H,1,11H2. The van der Waals surface area contributed by atoms with Crippen molar-refractivity contribution in [3.63, 3.8) is 0 Å². The molecule has 0 N–H and O–H groups in total. The van der Waals surface area contributed by atoms with Crippen molar-refractivity contribution >= 4 is 21.4 Å². The average Bonchev–Trinajstić information content (AvgIpc) is 2.53. The van der Waals surface area contributed by atoms with E-state index >= 15 is 0 Å². The van der Waals surface area contributed by atoms with Crippen molar-refractivity contribution in [2.45, 2.75) is 4.90 Å². The van der Waals surface area contributed by atoms with Gasteiger partial charge in [0.05, 0.1) is 17.2 Å². The number of anilines is 1. The molecule has 0 spiro atoms. The Bertz CT molecular complexity index is 835. The molecule has 2 aromatic carbocycles. The lowest BCUT2D eigenvalue weighted by molar-refractivity contribution is -0.387. The van der Waals surface area contributed by atoms with Crippen LogP contribution in [0.2, 0.25) is 0 Å². The highest BCUT2D eigenvalue weighted by Crippen LogP contribution is 2.29.